The van der Waals surface area contributed by atoms with Gasteiger partial charge in [0.1, 0.15) is 17.7 Å². The lowest BCUT2D eigenvalue weighted by molar-refractivity contribution is -0.150. The SMILES string of the molecule is CNC(CN1CCn2cnnc2C1)(C(=O)OC)C1CC1. The van der Waals surface area contributed by atoms with Crippen LogP contribution in [0.5, 0.6) is 0 Å². The fourth-order valence-electron chi connectivity index (χ4n) is 3.11. The van der Waals surface area contributed by atoms with Gasteiger partial charge >= 0.3 is 5.97 Å². The number of nitrogens with zero attached hydrogens (tertiary/aromatic N) is 4. The van der Waals surface area contributed by atoms with Crippen LogP contribution < -0.4 is 5.32 Å². The van der Waals surface area contributed by atoms with Crippen molar-refractivity contribution in [2.45, 2.75) is 31.5 Å². The lowest BCUT2D eigenvalue weighted by atomic mass is 9.92. The van der Waals surface area contributed by atoms with Crippen molar-refractivity contribution < 1.29 is 9.53 Å². The van der Waals surface area contributed by atoms with Crippen LogP contribution in [0, 0.1) is 5.92 Å². The zero-order chi connectivity index (χ0) is 14.2. The molecule has 7 nitrogen and oxygen atoms in total. The number of likely N-dealkylation sites (N-methyl/N-ethyl adjacent to an activating group) is 1. The number of methoxy groups -OCH3 is 1. The van der Waals surface area contributed by atoms with Crippen LogP contribution >= 0.6 is 0 Å². The Morgan fingerprint density at radius 2 is 2.35 bits per heavy atom. The molecule has 1 aromatic heterocycles. The zero-order valence-corrected chi connectivity index (χ0v) is 12.0. The van der Waals surface area contributed by atoms with E-state index in [0.29, 0.717) is 12.5 Å². The highest BCUT2D eigenvalue weighted by molar-refractivity contribution is 5.82. The molecular formula is C13H21N5O2. The van der Waals surface area contributed by atoms with Gasteiger partial charge in [0.05, 0.1) is 13.7 Å². The Morgan fingerprint density at radius 1 is 1.55 bits per heavy atom. The van der Waals surface area contributed by atoms with Gasteiger partial charge in [-0.2, -0.15) is 0 Å². The molecule has 0 amide bonds. The molecule has 1 aliphatic carbocycles. The Hall–Kier alpha value is -1.47. The van der Waals surface area contributed by atoms with E-state index in [0.717, 1.165) is 38.3 Å². The quantitative estimate of drug-likeness (QED) is 0.742. The predicted octanol–water partition coefficient (Wildman–Crippen LogP) is -0.365. The lowest BCUT2D eigenvalue weighted by Crippen LogP contribution is -2.60. The van der Waals surface area contributed by atoms with E-state index in [1.807, 2.05) is 7.05 Å². The van der Waals surface area contributed by atoms with Gasteiger partial charge in [-0.25, -0.2) is 4.79 Å². The summed E-state index contributed by atoms with van der Waals surface area (Å²) in [6.45, 7) is 3.16. The summed E-state index contributed by atoms with van der Waals surface area (Å²) in [7, 11) is 3.31. The minimum atomic E-state index is -0.586. The minimum absolute atomic E-state index is 0.158. The highest BCUT2D eigenvalue weighted by atomic mass is 16.5. The molecule has 1 fully saturated rings. The number of fused-ring (bicyclic) bond motifs is 1. The summed E-state index contributed by atoms with van der Waals surface area (Å²) in [5, 5.41) is 11.3. The molecule has 1 N–H and O–H groups in total. The molecule has 2 aliphatic rings. The molecule has 20 heavy (non-hydrogen) atoms. The second-order valence-corrected chi connectivity index (χ2v) is 5.64. The van der Waals surface area contributed by atoms with E-state index in [2.05, 4.69) is 25.0 Å². The molecule has 3 rings (SSSR count). The maximum Gasteiger partial charge on any atom is 0.327 e. The van der Waals surface area contributed by atoms with Gasteiger partial charge in [0.15, 0.2) is 0 Å². The van der Waals surface area contributed by atoms with Crippen LogP contribution in [-0.4, -0.2) is 58.4 Å². The predicted molar refractivity (Wildman–Crippen MR) is 71.8 cm³/mol. The highest BCUT2D eigenvalue weighted by Gasteiger charge is 2.52. The first-order valence-corrected chi connectivity index (χ1v) is 7.06. The first kappa shape index (κ1) is 13.5. The zero-order valence-electron chi connectivity index (χ0n) is 12.0. The first-order chi connectivity index (χ1) is 9.69. The molecule has 0 radical (unpaired) electrons. The summed E-state index contributed by atoms with van der Waals surface area (Å²) in [6.07, 6.45) is 3.93. The van der Waals surface area contributed by atoms with Crippen molar-refractivity contribution >= 4 is 5.97 Å². The number of carbonyl (C=O) groups is 1. The van der Waals surface area contributed by atoms with Gasteiger partial charge in [0, 0.05) is 19.6 Å². The largest absolute Gasteiger partial charge is 0.468 e. The molecule has 2 heterocycles. The second-order valence-electron chi connectivity index (χ2n) is 5.64. The average Bonchev–Trinajstić information content (AvgIpc) is 3.22. The standard InChI is InChI=1S/C13H21N5O2/c1-14-13(10-3-4-10,12(19)20-2)8-17-5-6-18-9-15-16-11(18)7-17/h9-10,14H,3-8H2,1-2H3. The van der Waals surface area contributed by atoms with Crippen LogP contribution in [0.3, 0.4) is 0 Å². The normalized spacial score (nSPS) is 22.1. The molecule has 1 atom stereocenters. The van der Waals surface area contributed by atoms with Crippen LogP contribution in [-0.2, 0) is 22.6 Å². The number of rotatable bonds is 5. The average molecular weight is 279 g/mol. The smallest absolute Gasteiger partial charge is 0.327 e. The number of hydrogen-bond acceptors (Lipinski definition) is 6. The molecule has 110 valence electrons. The molecule has 1 saturated carbocycles. The van der Waals surface area contributed by atoms with E-state index in [1.54, 1.807) is 6.33 Å². The van der Waals surface area contributed by atoms with E-state index < -0.39 is 5.54 Å². The molecular weight excluding hydrogens is 258 g/mol. The maximum absolute atomic E-state index is 12.3. The minimum Gasteiger partial charge on any atom is -0.468 e. The number of hydrogen-bond donors (Lipinski definition) is 1. The molecule has 0 saturated heterocycles. The number of ether oxygens (including phenoxy) is 1. The lowest BCUT2D eigenvalue weighted by Gasteiger charge is -2.37. The van der Waals surface area contributed by atoms with Crippen LogP contribution in [0.15, 0.2) is 6.33 Å². The molecule has 0 bridgehead atoms. The number of aromatic nitrogens is 3. The van der Waals surface area contributed by atoms with Crippen LogP contribution in [0.25, 0.3) is 0 Å². The fourth-order valence-corrected chi connectivity index (χ4v) is 3.11. The number of esters is 1. The molecule has 0 aromatic carbocycles. The van der Waals surface area contributed by atoms with Crippen molar-refractivity contribution in [3.63, 3.8) is 0 Å². The third-order valence-electron chi connectivity index (χ3n) is 4.46. The Bertz CT molecular complexity index is 499. The molecule has 0 spiro atoms. The van der Waals surface area contributed by atoms with E-state index in [-0.39, 0.29) is 5.97 Å². The Labute approximate surface area is 118 Å². The van der Waals surface area contributed by atoms with Crippen molar-refractivity contribution in [3.8, 4) is 0 Å². The van der Waals surface area contributed by atoms with Gasteiger partial charge in [-0.05, 0) is 25.8 Å². The molecule has 7 heteroatoms. The van der Waals surface area contributed by atoms with Crippen LogP contribution in [0.4, 0.5) is 0 Å². The maximum atomic E-state index is 12.3. The summed E-state index contributed by atoms with van der Waals surface area (Å²) >= 11 is 0. The molecule has 1 aromatic rings. The van der Waals surface area contributed by atoms with E-state index in [4.69, 9.17) is 4.74 Å². The molecule has 1 aliphatic heterocycles. The third-order valence-corrected chi connectivity index (χ3v) is 4.46. The van der Waals surface area contributed by atoms with Crippen molar-refractivity contribution in [1.29, 1.82) is 0 Å². The van der Waals surface area contributed by atoms with Crippen molar-refractivity contribution in [2.75, 3.05) is 27.2 Å². The van der Waals surface area contributed by atoms with Gasteiger partial charge in [0.25, 0.3) is 0 Å². The molecule has 1 unspecified atom stereocenters. The van der Waals surface area contributed by atoms with Crippen molar-refractivity contribution in [3.05, 3.63) is 12.2 Å². The summed E-state index contributed by atoms with van der Waals surface area (Å²) < 4.78 is 7.10. The Morgan fingerprint density at radius 3 is 3.00 bits per heavy atom. The monoisotopic (exact) mass is 279 g/mol. The number of carbonyl (C=O) groups excluding carboxylic acids is 1. The van der Waals surface area contributed by atoms with E-state index >= 15 is 0 Å². The topological polar surface area (TPSA) is 72.3 Å². The van der Waals surface area contributed by atoms with E-state index in [9.17, 15) is 4.79 Å². The Kier molecular flexibility index (Phi) is 3.47. The van der Waals surface area contributed by atoms with Gasteiger partial charge in [-0.1, -0.05) is 0 Å². The second kappa shape index (κ2) is 5.14. The van der Waals surface area contributed by atoms with Gasteiger partial charge in [-0.15, -0.1) is 10.2 Å². The first-order valence-electron chi connectivity index (χ1n) is 7.06. The summed E-state index contributed by atoms with van der Waals surface area (Å²) in [4.78, 5) is 14.5. The van der Waals surface area contributed by atoms with Crippen LogP contribution in [0.2, 0.25) is 0 Å². The highest BCUT2D eigenvalue weighted by Crippen LogP contribution is 2.41. The van der Waals surface area contributed by atoms with Gasteiger partial charge < -0.3 is 14.6 Å². The third kappa shape index (κ3) is 2.20. The fraction of sp³-hybridized carbons (Fsp3) is 0.769. The summed E-state index contributed by atoms with van der Waals surface area (Å²) in [5.74, 6) is 1.18. The van der Waals surface area contributed by atoms with Crippen molar-refractivity contribution in [1.82, 2.24) is 25.0 Å². The van der Waals surface area contributed by atoms with Crippen LogP contribution in [0.1, 0.15) is 18.7 Å². The summed E-state index contributed by atoms with van der Waals surface area (Å²) in [6, 6.07) is 0. The van der Waals surface area contributed by atoms with Gasteiger partial charge in [0.2, 0.25) is 0 Å². The Balaban J connectivity index is 1.76. The van der Waals surface area contributed by atoms with E-state index in [1.165, 1.54) is 7.11 Å². The summed E-state index contributed by atoms with van der Waals surface area (Å²) in [5.41, 5.74) is -0.586. The van der Waals surface area contributed by atoms with Gasteiger partial charge in [-0.3, -0.25) is 4.90 Å². The number of nitrogens with one attached hydrogen (secondary N) is 1. The van der Waals surface area contributed by atoms with Crippen molar-refractivity contribution in [2.24, 2.45) is 5.92 Å².